The van der Waals surface area contributed by atoms with E-state index in [0.717, 1.165) is 55.4 Å². The van der Waals surface area contributed by atoms with Crippen molar-refractivity contribution in [1.29, 1.82) is 0 Å². The van der Waals surface area contributed by atoms with Crippen molar-refractivity contribution in [3.63, 3.8) is 0 Å². The molecule has 8 heteroatoms. The van der Waals surface area contributed by atoms with E-state index in [1.54, 1.807) is 4.90 Å². The van der Waals surface area contributed by atoms with E-state index in [1.165, 1.54) is 0 Å². The smallest absolute Gasteiger partial charge is 0.321 e. The highest BCUT2D eigenvalue weighted by atomic mass is 16.2. The summed E-state index contributed by atoms with van der Waals surface area (Å²) < 4.78 is 0. The van der Waals surface area contributed by atoms with Crippen LogP contribution in [0.1, 0.15) is 43.3 Å². The zero-order valence-electron chi connectivity index (χ0n) is 15.4. The number of carbonyl (C=O) groups is 2. The summed E-state index contributed by atoms with van der Waals surface area (Å²) in [6.07, 6.45) is 3.43. The Balaban J connectivity index is 1.37. The maximum absolute atomic E-state index is 12.6. The monoisotopic (exact) mass is 368 g/mol. The summed E-state index contributed by atoms with van der Waals surface area (Å²) in [5, 5.41) is 10.1. The van der Waals surface area contributed by atoms with E-state index in [2.05, 4.69) is 20.5 Å². The normalized spacial score (nSPS) is 20.2. The average Bonchev–Trinajstić information content (AvgIpc) is 3.31. The van der Waals surface area contributed by atoms with Crippen molar-refractivity contribution in [2.75, 3.05) is 29.9 Å². The van der Waals surface area contributed by atoms with Crippen molar-refractivity contribution in [1.82, 2.24) is 20.1 Å². The molecule has 2 aliphatic heterocycles. The molecule has 3 heterocycles. The number of likely N-dealkylation sites (tertiary alicyclic amines) is 1. The molecule has 27 heavy (non-hydrogen) atoms. The Hall–Kier alpha value is -2.90. The molecule has 0 aliphatic carbocycles. The average molecular weight is 368 g/mol. The summed E-state index contributed by atoms with van der Waals surface area (Å²) in [6, 6.07) is 7.34. The van der Waals surface area contributed by atoms with Gasteiger partial charge in [0, 0.05) is 43.3 Å². The first-order valence-electron chi connectivity index (χ1n) is 9.45. The van der Waals surface area contributed by atoms with Gasteiger partial charge in [-0.25, -0.2) is 9.78 Å². The molecule has 1 aromatic carbocycles. The second-order valence-corrected chi connectivity index (χ2v) is 7.19. The Kier molecular flexibility index (Phi) is 4.79. The molecule has 142 valence electrons. The van der Waals surface area contributed by atoms with Gasteiger partial charge in [-0.3, -0.25) is 9.89 Å². The van der Waals surface area contributed by atoms with Gasteiger partial charge in [0.2, 0.25) is 5.91 Å². The lowest BCUT2D eigenvalue weighted by atomic mass is 9.98. The molecule has 2 saturated heterocycles. The van der Waals surface area contributed by atoms with Crippen molar-refractivity contribution in [3.05, 3.63) is 35.9 Å². The fourth-order valence-electron chi connectivity index (χ4n) is 3.76. The largest absolute Gasteiger partial charge is 0.324 e. The van der Waals surface area contributed by atoms with Crippen LogP contribution in [0.5, 0.6) is 0 Å². The van der Waals surface area contributed by atoms with E-state index in [4.69, 9.17) is 0 Å². The summed E-state index contributed by atoms with van der Waals surface area (Å²) in [7, 11) is 0. The van der Waals surface area contributed by atoms with Gasteiger partial charge in [0.15, 0.2) is 5.82 Å². The molecule has 2 aliphatic rings. The molecule has 1 unspecified atom stereocenters. The first-order valence-corrected chi connectivity index (χ1v) is 9.45. The van der Waals surface area contributed by atoms with Gasteiger partial charge in [-0.2, -0.15) is 5.10 Å². The quantitative estimate of drug-likeness (QED) is 0.871. The lowest BCUT2D eigenvalue weighted by Crippen LogP contribution is -2.41. The summed E-state index contributed by atoms with van der Waals surface area (Å²) in [4.78, 5) is 32.5. The number of H-pyrrole nitrogens is 1. The molecule has 8 nitrogen and oxygen atoms in total. The number of hydrogen-bond donors (Lipinski definition) is 2. The Morgan fingerprint density at radius 3 is 2.70 bits per heavy atom. The topological polar surface area (TPSA) is 94.2 Å². The second-order valence-electron chi connectivity index (χ2n) is 7.19. The Labute approximate surface area is 158 Å². The van der Waals surface area contributed by atoms with Crippen LogP contribution in [-0.4, -0.2) is 51.7 Å². The molecular formula is C19H24N6O2. The van der Waals surface area contributed by atoms with Crippen molar-refractivity contribution in [3.8, 4) is 0 Å². The first-order chi connectivity index (χ1) is 13.1. The molecule has 0 spiro atoms. The lowest BCUT2D eigenvalue weighted by molar-refractivity contribution is -0.117. The van der Waals surface area contributed by atoms with E-state index in [9.17, 15) is 9.59 Å². The molecule has 1 atom stereocenters. The summed E-state index contributed by atoms with van der Waals surface area (Å²) >= 11 is 0. The summed E-state index contributed by atoms with van der Waals surface area (Å²) in [5.74, 6) is 1.90. The third kappa shape index (κ3) is 3.79. The van der Waals surface area contributed by atoms with Crippen LogP contribution in [0.3, 0.4) is 0 Å². The summed E-state index contributed by atoms with van der Waals surface area (Å²) in [5.41, 5.74) is 1.61. The van der Waals surface area contributed by atoms with E-state index < -0.39 is 0 Å². The van der Waals surface area contributed by atoms with E-state index >= 15 is 0 Å². The number of carbonyl (C=O) groups excluding carboxylic acids is 2. The number of nitrogens with one attached hydrogen (secondary N) is 2. The predicted octanol–water partition coefficient (Wildman–Crippen LogP) is 2.65. The molecule has 1 aromatic heterocycles. The summed E-state index contributed by atoms with van der Waals surface area (Å²) in [6.45, 7) is 3.99. The Morgan fingerprint density at radius 1 is 1.22 bits per heavy atom. The number of urea groups is 1. The minimum atomic E-state index is -0.114. The van der Waals surface area contributed by atoms with Gasteiger partial charge in [-0.05, 0) is 50.5 Å². The molecule has 3 amide bonds. The molecule has 0 saturated carbocycles. The van der Waals surface area contributed by atoms with Gasteiger partial charge < -0.3 is 15.1 Å². The number of rotatable bonds is 3. The van der Waals surface area contributed by atoms with Crippen LogP contribution >= 0.6 is 0 Å². The number of piperidine rings is 1. The fourth-order valence-corrected chi connectivity index (χ4v) is 3.76. The van der Waals surface area contributed by atoms with Crippen LogP contribution in [0.4, 0.5) is 16.2 Å². The van der Waals surface area contributed by atoms with Gasteiger partial charge in [-0.1, -0.05) is 0 Å². The van der Waals surface area contributed by atoms with E-state index in [0.29, 0.717) is 13.0 Å². The number of nitrogens with zero attached hydrogens (tertiary/aromatic N) is 4. The number of anilines is 2. The number of aromatic nitrogens is 3. The minimum Gasteiger partial charge on any atom is -0.324 e. The van der Waals surface area contributed by atoms with E-state index in [-0.39, 0.29) is 17.9 Å². The minimum absolute atomic E-state index is 0.114. The van der Waals surface area contributed by atoms with Gasteiger partial charge >= 0.3 is 6.03 Å². The first kappa shape index (κ1) is 17.5. The second kappa shape index (κ2) is 7.38. The highest BCUT2D eigenvalue weighted by molar-refractivity contribution is 5.96. The zero-order chi connectivity index (χ0) is 18.8. The van der Waals surface area contributed by atoms with Gasteiger partial charge in [0.25, 0.3) is 0 Å². The van der Waals surface area contributed by atoms with Crippen molar-refractivity contribution in [2.45, 2.75) is 38.5 Å². The van der Waals surface area contributed by atoms with Crippen LogP contribution in [-0.2, 0) is 4.79 Å². The number of aromatic amines is 1. The zero-order valence-corrected chi connectivity index (χ0v) is 15.4. The molecule has 4 rings (SSSR count). The van der Waals surface area contributed by atoms with Crippen LogP contribution < -0.4 is 10.2 Å². The number of aryl methyl sites for hydroxylation is 1. The predicted molar refractivity (Wildman–Crippen MR) is 102 cm³/mol. The van der Waals surface area contributed by atoms with Crippen molar-refractivity contribution in [2.24, 2.45) is 0 Å². The molecule has 2 aromatic rings. The van der Waals surface area contributed by atoms with Crippen LogP contribution in [0.15, 0.2) is 24.3 Å². The van der Waals surface area contributed by atoms with E-state index in [1.807, 2.05) is 36.1 Å². The standard InChI is InChI=1S/C19H24N6O2/c1-13-20-18(23-22-13)14-4-2-10-24(12-14)19(27)21-15-6-8-16(9-7-15)25-11-3-5-17(25)26/h6-9,14H,2-5,10-12H2,1H3,(H,21,27)(H,20,22,23). The Bertz CT molecular complexity index is 831. The third-order valence-electron chi connectivity index (χ3n) is 5.19. The lowest BCUT2D eigenvalue weighted by Gasteiger charge is -2.31. The molecule has 0 bridgehead atoms. The van der Waals surface area contributed by atoms with Gasteiger partial charge in [0.1, 0.15) is 5.82 Å². The van der Waals surface area contributed by atoms with Crippen molar-refractivity contribution >= 4 is 23.3 Å². The number of amides is 3. The molecule has 2 fully saturated rings. The number of hydrogen-bond acceptors (Lipinski definition) is 4. The third-order valence-corrected chi connectivity index (χ3v) is 5.19. The molecular weight excluding hydrogens is 344 g/mol. The maximum Gasteiger partial charge on any atom is 0.321 e. The van der Waals surface area contributed by atoms with Gasteiger partial charge in [0.05, 0.1) is 0 Å². The highest BCUT2D eigenvalue weighted by Crippen LogP contribution is 2.26. The molecule has 2 N–H and O–H groups in total. The SMILES string of the molecule is Cc1nc(C2CCCN(C(=O)Nc3ccc(N4CCCC4=O)cc3)C2)n[nH]1. The van der Waals surface area contributed by atoms with Gasteiger partial charge in [-0.15, -0.1) is 0 Å². The molecule has 0 radical (unpaired) electrons. The van der Waals surface area contributed by atoms with Crippen molar-refractivity contribution < 1.29 is 9.59 Å². The fraction of sp³-hybridized carbons (Fsp3) is 0.474. The van der Waals surface area contributed by atoms with Crippen LogP contribution in [0, 0.1) is 6.92 Å². The van der Waals surface area contributed by atoms with Crippen LogP contribution in [0.2, 0.25) is 0 Å². The highest BCUT2D eigenvalue weighted by Gasteiger charge is 2.27. The Morgan fingerprint density at radius 2 is 2.04 bits per heavy atom. The number of benzene rings is 1. The maximum atomic E-state index is 12.6. The van der Waals surface area contributed by atoms with Crippen LogP contribution in [0.25, 0.3) is 0 Å².